The highest BCUT2D eigenvalue weighted by Crippen LogP contribution is 2.14. The molecule has 0 spiro atoms. The summed E-state index contributed by atoms with van der Waals surface area (Å²) in [4.78, 5) is 12.3. The van der Waals surface area contributed by atoms with Crippen LogP contribution < -0.4 is 5.32 Å². The Hall–Kier alpha value is -2.15. The van der Waals surface area contributed by atoms with Gasteiger partial charge in [-0.05, 0) is 84.5 Å². The maximum absolute atomic E-state index is 12.3. The van der Waals surface area contributed by atoms with Crippen molar-refractivity contribution < 1.29 is 4.79 Å². The molecule has 3 rings (SSSR count). The Labute approximate surface area is 155 Å². The minimum absolute atomic E-state index is 0.103. The highest BCUT2D eigenvalue weighted by molar-refractivity contribution is 14.1. The van der Waals surface area contributed by atoms with Gasteiger partial charge in [0.05, 0.1) is 12.2 Å². The van der Waals surface area contributed by atoms with E-state index < -0.39 is 0 Å². The van der Waals surface area contributed by atoms with Gasteiger partial charge in [0.1, 0.15) is 0 Å². The minimum atomic E-state index is -0.103. The van der Waals surface area contributed by atoms with E-state index >= 15 is 0 Å². The molecular formula is C19H18IN3O. The molecule has 0 unspecified atom stereocenters. The fraction of sp³-hybridized carbons (Fsp3) is 0.158. The Kier molecular flexibility index (Phi) is 4.99. The van der Waals surface area contributed by atoms with E-state index in [1.54, 1.807) is 0 Å². The number of hydrogen-bond donors (Lipinski definition) is 1. The van der Waals surface area contributed by atoms with Crippen molar-refractivity contribution in [1.82, 2.24) is 9.78 Å². The summed E-state index contributed by atoms with van der Waals surface area (Å²) in [5.74, 6) is -0.103. The van der Waals surface area contributed by atoms with Gasteiger partial charge in [0.25, 0.3) is 5.91 Å². The van der Waals surface area contributed by atoms with Gasteiger partial charge in [0.15, 0.2) is 0 Å². The molecule has 1 N–H and O–H groups in total. The molecule has 0 aliphatic rings. The number of benzene rings is 2. The van der Waals surface area contributed by atoms with Crippen molar-refractivity contribution in [3.05, 3.63) is 80.7 Å². The lowest BCUT2D eigenvalue weighted by atomic mass is 10.1. The number of halogens is 1. The zero-order chi connectivity index (χ0) is 17.1. The first-order valence-electron chi connectivity index (χ1n) is 7.68. The summed E-state index contributed by atoms with van der Waals surface area (Å²) in [6.07, 6.45) is 0. The van der Waals surface area contributed by atoms with E-state index in [4.69, 9.17) is 0 Å². The van der Waals surface area contributed by atoms with Crippen LogP contribution >= 0.6 is 22.6 Å². The quantitative estimate of drug-likeness (QED) is 0.623. The fourth-order valence-electron chi connectivity index (χ4n) is 2.51. The molecule has 5 heteroatoms. The number of anilines is 1. The molecule has 0 aliphatic carbocycles. The van der Waals surface area contributed by atoms with E-state index in [0.717, 1.165) is 26.2 Å². The third-order valence-electron chi connectivity index (χ3n) is 3.75. The van der Waals surface area contributed by atoms with Crippen molar-refractivity contribution in [2.45, 2.75) is 20.4 Å². The summed E-state index contributed by atoms with van der Waals surface area (Å²) in [5.41, 5.74) is 4.71. The molecule has 0 saturated carbocycles. The first kappa shape index (κ1) is 16.7. The van der Waals surface area contributed by atoms with Crippen molar-refractivity contribution in [2.24, 2.45) is 0 Å². The van der Waals surface area contributed by atoms with Crippen molar-refractivity contribution in [3.63, 3.8) is 0 Å². The van der Waals surface area contributed by atoms with E-state index in [1.807, 2.05) is 67.1 Å². The molecule has 3 aromatic rings. The molecule has 1 heterocycles. The SMILES string of the molecule is Cc1cc(C)n(Cc2ccc(C(=O)Nc3ccc(I)cc3)cc2)n1. The number of nitrogens with one attached hydrogen (secondary N) is 1. The Morgan fingerprint density at radius 2 is 1.75 bits per heavy atom. The predicted molar refractivity (Wildman–Crippen MR) is 104 cm³/mol. The van der Waals surface area contributed by atoms with Gasteiger partial charge in [-0.25, -0.2) is 0 Å². The second-order valence-electron chi connectivity index (χ2n) is 5.74. The van der Waals surface area contributed by atoms with E-state index in [0.29, 0.717) is 12.1 Å². The first-order chi connectivity index (χ1) is 11.5. The van der Waals surface area contributed by atoms with Gasteiger partial charge in [0, 0.05) is 20.5 Å². The maximum atomic E-state index is 12.3. The summed E-state index contributed by atoms with van der Waals surface area (Å²) in [5, 5.41) is 7.37. The van der Waals surface area contributed by atoms with Gasteiger partial charge in [-0.1, -0.05) is 12.1 Å². The van der Waals surface area contributed by atoms with Gasteiger partial charge in [-0.15, -0.1) is 0 Å². The predicted octanol–water partition coefficient (Wildman–Crippen LogP) is 4.41. The highest BCUT2D eigenvalue weighted by atomic mass is 127. The molecule has 4 nitrogen and oxygen atoms in total. The van der Waals surface area contributed by atoms with Crippen LogP contribution in [0.25, 0.3) is 0 Å². The largest absolute Gasteiger partial charge is 0.322 e. The number of hydrogen-bond acceptors (Lipinski definition) is 2. The Balaban J connectivity index is 1.68. The highest BCUT2D eigenvalue weighted by Gasteiger charge is 2.07. The number of rotatable bonds is 4. The lowest BCUT2D eigenvalue weighted by Gasteiger charge is -2.08. The number of amides is 1. The number of nitrogens with zero attached hydrogens (tertiary/aromatic N) is 2. The lowest BCUT2D eigenvalue weighted by Crippen LogP contribution is -2.12. The Morgan fingerprint density at radius 3 is 2.33 bits per heavy atom. The maximum Gasteiger partial charge on any atom is 0.255 e. The van der Waals surface area contributed by atoms with Crippen LogP contribution in [-0.2, 0) is 6.54 Å². The van der Waals surface area contributed by atoms with Gasteiger partial charge >= 0.3 is 0 Å². The van der Waals surface area contributed by atoms with Crippen LogP contribution in [0.3, 0.4) is 0 Å². The number of aromatic nitrogens is 2. The monoisotopic (exact) mass is 431 g/mol. The topological polar surface area (TPSA) is 46.9 Å². The molecule has 2 aromatic carbocycles. The molecular weight excluding hydrogens is 413 g/mol. The number of aryl methyl sites for hydroxylation is 2. The Morgan fingerprint density at radius 1 is 1.08 bits per heavy atom. The van der Waals surface area contributed by atoms with Gasteiger partial charge in [0.2, 0.25) is 0 Å². The van der Waals surface area contributed by atoms with Gasteiger partial charge in [-0.2, -0.15) is 5.10 Å². The summed E-state index contributed by atoms with van der Waals surface area (Å²) < 4.78 is 3.11. The van der Waals surface area contributed by atoms with Crippen LogP contribution in [0.15, 0.2) is 54.6 Å². The Bertz CT molecular complexity index is 851. The molecule has 0 aliphatic heterocycles. The fourth-order valence-corrected chi connectivity index (χ4v) is 2.87. The average molecular weight is 431 g/mol. The molecule has 0 atom stereocenters. The summed E-state index contributed by atoms with van der Waals surface area (Å²) in [6, 6.07) is 17.4. The molecule has 0 saturated heterocycles. The van der Waals surface area contributed by atoms with Crippen LogP contribution in [-0.4, -0.2) is 15.7 Å². The summed E-state index contributed by atoms with van der Waals surface area (Å²) in [7, 11) is 0. The standard InChI is InChI=1S/C19H18IN3O/c1-13-11-14(2)23(22-13)12-15-3-5-16(6-4-15)19(24)21-18-9-7-17(20)8-10-18/h3-11H,12H2,1-2H3,(H,21,24). The molecule has 0 bridgehead atoms. The smallest absolute Gasteiger partial charge is 0.255 e. The zero-order valence-electron chi connectivity index (χ0n) is 13.6. The normalized spacial score (nSPS) is 10.6. The molecule has 122 valence electrons. The molecule has 0 radical (unpaired) electrons. The van der Waals surface area contributed by atoms with Crippen molar-refractivity contribution >= 4 is 34.2 Å². The summed E-state index contributed by atoms with van der Waals surface area (Å²) >= 11 is 2.24. The van der Waals surface area contributed by atoms with Crippen molar-refractivity contribution in [1.29, 1.82) is 0 Å². The van der Waals surface area contributed by atoms with Crippen LogP contribution in [0.1, 0.15) is 27.3 Å². The molecule has 0 fully saturated rings. The zero-order valence-corrected chi connectivity index (χ0v) is 15.7. The van der Waals surface area contributed by atoms with Crippen molar-refractivity contribution in [3.8, 4) is 0 Å². The number of carbonyl (C=O) groups excluding carboxylic acids is 1. The minimum Gasteiger partial charge on any atom is -0.322 e. The van der Waals surface area contributed by atoms with E-state index in [-0.39, 0.29) is 5.91 Å². The summed E-state index contributed by atoms with van der Waals surface area (Å²) in [6.45, 7) is 4.74. The van der Waals surface area contributed by atoms with Crippen LogP contribution in [0, 0.1) is 17.4 Å². The third kappa shape index (κ3) is 4.03. The van der Waals surface area contributed by atoms with Crippen molar-refractivity contribution in [2.75, 3.05) is 5.32 Å². The van der Waals surface area contributed by atoms with Crippen LogP contribution in [0.4, 0.5) is 5.69 Å². The van der Waals surface area contributed by atoms with Gasteiger partial charge < -0.3 is 5.32 Å². The molecule has 1 amide bonds. The average Bonchev–Trinajstić information content (AvgIpc) is 2.88. The van der Waals surface area contributed by atoms with Gasteiger partial charge in [-0.3, -0.25) is 9.48 Å². The van der Waals surface area contributed by atoms with E-state index in [1.165, 1.54) is 0 Å². The first-order valence-corrected chi connectivity index (χ1v) is 8.76. The van der Waals surface area contributed by atoms with E-state index in [9.17, 15) is 4.79 Å². The second kappa shape index (κ2) is 7.17. The second-order valence-corrected chi connectivity index (χ2v) is 6.99. The number of carbonyl (C=O) groups is 1. The van der Waals surface area contributed by atoms with Crippen LogP contribution in [0.5, 0.6) is 0 Å². The van der Waals surface area contributed by atoms with Crippen LogP contribution in [0.2, 0.25) is 0 Å². The molecule has 24 heavy (non-hydrogen) atoms. The van der Waals surface area contributed by atoms with E-state index in [2.05, 4.69) is 39.1 Å². The molecule has 1 aromatic heterocycles. The lowest BCUT2D eigenvalue weighted by molar-refractivity contribution is 0.102. The third-order valence-corrected chi connectivity index (χ3v) is 4.47.